The lowest BCUT2D eigenvalue weighted by molar-refractivity contribution is 0.0750. The number of benzene rings is 1. The summed E-state index contributed by atoms with van der Waals surface area (Å²) in [5, 5.41) is 0. The monoisotopic (exact) mass is 385 g/mol. The van der Waals surface area contributed by atoms with Crippen LogP contribution in [0.1, 0.15) is 36.0 Å². The third kappa shape index (κ3) is 3.68. The number of hydrogen-bond donors (Lipinski definition) is 0. The van der Waals surface area contributed by atoms with Crippen LogP contribution in [0.5, 0.6) is 0 Å². The summed E-state index contributed by atoms with van der Waals surface area (Å²) >= 11 is 7.34. The molecule has 0 aliphatic carbocycles. The first-order chi connectivity index (χ1) is 10.8. The smallest absolute Gasteiger partial charge is 0.265 e. The molecular weight excluding hydrogens is 365 g/mol. The minimum atomic E-state index is 0. The second kappa shape index (κ2) is 6.90. The molecule has 1 aromatic carbocycles. The highest BCUT2D eigenvalue weighted by Crippen LogP contribution is 2.26. The van der Waals surface area contributed by atoms with Crippen molar-refractivity contribution in [1.29, 1.82) is 0 Å². The molecule has 0 saturated carbocycles. The molecule has 0 spiro atoms. The highest BCUT2D eigenvalue weighted by molar-refractivity contribution is 7.18. The van der Waals surface area contributed by atoms with E-state index in [0.29, 0.717) is 17.3 Å². The van der Waals surface area contributed by atoms with Crippen molar-refractivity contribution in [3.8, 4) is 0 Å². The van der Waals surface area contributed by atoms with Gasteiger partial charge in [0.2, 0.25) is 0 Å². The first-order valence-corrected chi connectivity index (χ1v) is 8.85. The van der Waals surface area contributed by atoms with Gasteiger partial charge in [0, 0.05) is 25.7 Å². The number of fused-ring (bicyclic) bond motifs is 3. The minimum absolute atomic E-state index is 0. The Morgan fingerprint density at radius 1 is 1.38 bits per heavy atom. The Morgan fingerprint density at radius 2 is 2.08 bits per heavy atom. The van der Waals surface area contributed by atoms with E-state index in [9.17, 15) is 4.79 Å². The fourth-order valence-corrected chi connectivity index (χ4v) is 3.87. The molecule has 2 aromatic heterocycles. The van der Waals surface area contributed by atoms with Crippen LogP contribution in [-0.4, -0.2) is 33.8 Å². The van der Waals surface area contributed by atoms with Crippen LogP contribution in [0.25, 0.3) is 16.0 Å². The average Bonchev–Trinajstić information content (AvgIpc) is 3.01. The number of aromatic nitrogens is 2. The quantitative estimate of drug-likeness (QED) is 0.605. The summed E-state index contributed by atoms with van der Waals surface area (Å²) in [5.41, 5.74) is 3.04. The summed E-state index contributed by atoms with van der Waals surface area (Å²) < 4.78 is 1.98. The van der Waals surface area contributed by atoms with E-state index in [1.807, 2.05) is 35.8 Å². The predicted octanol–water partition coefficient (Wildman–Crippen LogP) is 4.83. The summed E-state index contributed by atoms with van der Waals surface area (Å²) in [4.78, 5) is 20.5. The number of halogens is 2. The molecule has 0 atom stereocenters. The second-order valence-corrected chi connectivity index (χ2v) is 8.31. The SMILES string of the molecule is CN(CC(C)(C)C)C(=O)c1cn2c(nc3ccc(CCl)cc32)s1.Cl. The molecule has 0 aliphatic heterocycles. The number of alkyl halides is 1. The van der Waals surface area contributed by atoms with E-state index < -0.39 is 0 Å². The molecular formula is C17H21Cl2N3OS. The van der Waals surface area contributed by atoms with Gasteiger partial charge in [-0.1, -0.05) is 38.2 Å². The van der Waals surface area contributed by atoms with Crippen molar-refractivity contribution < 1.29 is 4.79 Å². The summed E-state index contributed by atoms with van der Waals surface area (Å²) in [7, 11) is 1.85. The Balaban J connectivity index is 0.00000208. The number of thiazole rings is 1. The normalized spacial score (nSPS) is 11.7. The van der Waals surface area contributed by atoms with Crippen LogP contribution in [0.3, 0.4) is 0 Å². The first-order valence-electron chi connectivity index (χ1n) is 7.50. The summed E-state index contributed by atoms with van der Waals surface area (Å²) in [6.07, 6.45) is 1.88. The maximum atomic E-state index is 12.6. The number of carbonyl (C=O) groups is 1. The third-order valence-corrected chi connectivity index (χ3v) is 4.87. The van der Waals surface area contributed by atoms with E-state index >= 15 is 0 Å². The highest BCUT2D eigenvalue weighted by atomic mass is 35.5. The molecule has 0 N–H and O–H groups in total. The van der Waals surface area contributed by atoms with Crippen molar-refractivity contribution in [3.63, 3.8) is 0 Å². The number of imidazole rings is 1. The van der Waals surface area contributed by atoms with Gasteiger partial charge >= 0.3 is 0 Å². The van der Waals surface area contributed by atoms with E-state index in [1.165, 1.54) is 11.3 Å². The molecule has 130 valence electrons. The molecule has 0 radical (unpaired) electrons. The molecule has 24 heavy (non-hydrogen) atoms. The van der Waals surface area contributed by atoms with Gasteiger partial charge < -0.3 is 4.90 Å². The second-order valence-electron chi connectivity index (χ2n) is 7.04. The van der Waals surface area contributed by atoms with Crippen LogP contribution in [0.4, 0.5) is 0 Å². The van der Waals surface area contributed by atoms with Crippen molar-refractivity contribution >= 4 is 57.2 Å². The maximum Gasteiger partial charge on any atom is 0.265 e. The van der Waals surface area contributed by atoms with Crippen molar-refractivity contribution in [2.45, 2.75) is 26.7 Å². The van der Waals surface area contributed by atoms with Crippen LogP contribution in [0.15, 0.2) is 24.4 Å². The van der Waals surface area contributed by atoms with E-state index in [2.05, 4.69) is 25.8 Å². The van der Waals surface area contributed by atoms with Crippen molar-refractivity contribution in [1.82, 2.24) is 14.3 Å². The zero-order valence-electron chi connectivity index (χ0n) is 14.2. The number of hydrogen-bond acceptors (Lipinski definition) is 3. The molecule has 0 bridgehead atoms. The minimum Gasteiger partial charge on any atom is -0.340 e. The van der Waals surface area contributed by atoms with Crippen LogP contribution < -0.4 is 0 Å². The fourth-order valence-electron chi connectivity index (χ4n) is 2.71. The van der Waals surface area contributed by atoms with E-state index in [0.717, 1.165) is 21.6 Å². The van der Waals surface area contributed by atoms with Crippen molar-refractivity contribution in [2.24, 2.45) is 5.41 Å². The number of nitrogens with zero attached hydrogens (tertiary/aromatic N) is 3. The van der Waals surface area contributed by atoms with Crippen molar-refractivity contribution in [3.05, 3.63) is 34.8 Å². The average molecular weight is 386 g/mol. The lowest BCUT2D eigenvalue weighted by Gasteiger charge is -2.26. The summed E-state index contributed by atoms with van der Waals surface area (Å²) in [6.45, 7) is 7.08. The molecule has 4 nitrogen and oxygen atoms in total. The number of rotatable bonds is 3. The van der Waals surface area contributed by atoms with E-state index in [4.69, 9.17) is 11.6 Å². The number of amides is 1. The van der Waals surface area contributed by atoms with Gasteiger partial charge in [-0.3, -0.25) is 9.20 Å². The van der Waals surface area contributed by atoms with Gasteiger partial charge in [-0.05, 0) is 23.1 Å². The van der Waals surface area contributed by atoms with Gasteiger partial charge in [0.1, 0.15) is 4.88 Å². The maximum absolute atomic E-state index is 12.6. The van der Waals surface area contributed by atoms with E-state index in [-0.39, 0.29) is 23.7 Å². The lowest BCUT2D eigenvalue weighted by atomic mass is 9.96. The highest BCUT2D eigenvalue weighted by Gasteiger charge is 2.21. The van der Waals surface area contributed by atoms with E-state index in [1.54, 1.807) is 4.90 Å². The largest absolute Gasteiger partial charge is 0.340 e. The summed E-state index contributed by atoms with van der Waals surface area (Å²) in [6, 6.07) is 5.98. The molecule has 3 aromatic rings. The van der Waals surface area contributed by atoms with Crippen LogP contribution >= 0.6 is 35.3 Å². The van der Waals surface area contributed by atoms with Gasteiger partial charge in [0.05, 0.1) is 11.0 Å². The lowest BCUT2D eigenvalue weighted by Crippen LogP contribution is -2.34. The Bertz CT molecular complexity index is 879. The molecule has 0 aliphatic rings. The zero-order chi connectivity index (χ0) is 16.8. The summed E-state index contributed by atoms with van der Waals surface area (Å²) in [5.74, 6) is 0.505. The molecule has 7 heteroatoms. The molecule has 2 heterocycles. The van der Waals surface area contributed by atoms with Gasteiger partial charge in [0.15, 0.2) is 4.96 Å². The van der Waals surface area contributed by atoms with Crippen molar-refractivity contribution in [2.75, 3.05) is 13.6 Å². The Labute approximate surface area is 156 Å². The molecule has 0 saturated heterocycles. The standard InChI is InChI=1S/C17H20ClN3OS.ClH/c1-17(2,3)10-20(4)15(22)14-9-21-13-7-11(8-18)5-6-12(13)19-16(21)23-14;/h5-7,9H,8,10H2,1-4H3;1H. The van der Waals surface area contributed by atoms with Gasteiger partial charge in [-0.25, -0.2) is 4.98 Å². The van der Waals surface area contributed by atoms with Crippen LogP contribution in [-0.2, 0) is 5.88 Å². The molecule has 0 unspecified atom stereocenters. The number of carbonyl (C=O) groups excluding carboxylic acids is 1. The van der Waals surface area contributed by atoms with Gasteiger partial charge in [-0.15, -0.1) is 24.0 Å². The Morgan fingerprint density at radius 3 is 2.71 bits per heavy atom. The molecule has 1 amide bonds. The zero-order valence-corrected chi connectivity index (χ0v) is 16.6. The third-order valence-electron chi connectivity index (χ3n) is 3.59. The topological polar surface area (TPSA) is 37.6 Å². The first kappa shape index (κ1) is 19.0. The van der Waals surface area contributed by atoms with Gasteiger partial charge in [0.25, 0.3) is 5.91 Å². The Hall–Kier alpha value is -1.30. The van der Waals surface area contributed by atoms with Gasteiger partial charge in [-0.2, -0.15) is 0 Å². The molecule has 3 rings (SSSR count). The Kier molecular flexibility index (Phi) is 5.47. The van der Waals surface area contributed by atoms with Crippen LogP contribution in [0.2, 0.25) is 0 Å². The predicted molar refractivity (Wildman–Crippen MR) is 104 cm³/mol. The van der Waals surface area contributed by atoms with Crippen LogP contribution in [0, 0.1) is 5.41 Å². The molecule has 0 fully saturated rings. The fraction of sp³-hybridized carbons (Fsp3) is 0.412.